The summed E-state index contributed by atoms with van der Waals surface area (Å²) in [4.78, 5) is 32.3. The van der Waals surface area contributed by atoms with Crippen molar-refractivity contribution in [1.29, 1.82) is 0 Å². The number of rotatable bonds is 3. The molecule has 8 heteroatoms. The maximum Gasteiger partial charge on any atom is 0.329 e. The maximum atomic E-state index is 13.8. The molecule has 0 bridgehead atoms. The summed E-state index contributed by atoms with van der Waals surface area (Å²) in [6.07, 6.45) is 5.05. The van der Waals surface area contributed by atoms with Gasteiger partial charge in [0.25, 0.3) is 5.91 Å². The number of thioether (sulfide) groups is 1. The molecule has 3 aromatic rings. The molecule has 150 valence electrons. The number of hydrogen-bond donors (Lipinski definition) is 1. The van der Waals surface area contributed by atoms with E-state index in [9.17, 15) is 14.0 Å². The first-order chi connectivity index (χ1) is 14.6. The van der Waals surface area contributed by atoms with Gasteiger partial charge in [-0.15, -0.1) is 11.8 Å². The number of benzene rings is 2. The number of nitrogens with one attached hydrogen (secondary N) is 1. The fourth-order valence-corrected chi connectivity index (χ4v) is 5.00. The number of anilines is 1. The minimum Gasteiger partial charge on any atom is -0.494 e. The standard InChI is InChI=1S/C22H16FN3O3S/c1-29-18-8-12(6-7-15(18)23)19-9-16-20(30-19)21(27)26(22(28)25-16)17-11-24-10-13-4-2-3-5-14(13)17/h2-11,16,20H,1H3,(H,25,28). The summed E-state index contributed by atoms with van der Waals surface area (Å²) in [5, 5.41) is 3.99. The maximum absolute atomic E-state index is 13.8. The van der Waals surface area contributed by atoms with Crippen molar-refractivity contribution in [2.45, 2.75) is 11.3 Å². The smallest absolute Gasteiger partial charge is 0.329 e. The van der Waals surface area contributed by atoms with Crippen LogP contribution in [0.5, 0.6) is 5.75 Å². The number of amides is 3. The van der Waals surface area contributed by atoms with E-state index >= 15 is 0 Å². The van der Waals surface area contributed by atoms with E-state index in [0.29, 0.717) is 5.69 Å². The SMILES string of the molecule is COc1cc(C2=CC3NC(=O)N(c4cncc5ccccc45)C(=O)C3S2)ccc1F. The molecule has 2 aliphatic rings. The Bertz CT molecular complexity index is 1220. The average Bonchev–Trinajstić information content (AvgIpc) is 3.18. The van der Waals surface area contributed by atoms with Gasteiger partial charge >= 0.3 is 6.03 Å². The summed E-state index contributed by atoms with van der Waals surface area (Å²) in [6.45, 7) is 0. The molecular formula is C22H16FN3O3S. The zero-order valence-electron chi connectivity index (χ0n) is 15.8. The second-order valence-electron chi connectivity index (χ2n) is 6.95. The molecule has 30 heavy (non-hydrogen) atoms. The van der Waals surface area contributed by atoms with Crippen LogP contribution in [0.15, 0.2) is 60.9 Å². The van der Waals surface area contributed by atoms with Crippen molar-refractivity contribution in [3.63, 3.8) is 0 Å². The van der Waals surface area contributed by atoms with Crippen LogP contribution in [0.4, 0.5) is 14.9 Å². The molecule has 2 atom stereocenters. The van der Waals surface area contributed by atoms with Crippen molar-refractivity contribution in [2.24, 2.45) is 0 Å². The average molecular weight is 421 g/mol. The number of nitrogens with zero attached hydrogens (tertiary/aromatic N) is 2. The van der Waals surface area contributed by atoms with Gasteiger partial charge in [-0.2, -0.15) is 0 Å². The Kier molecular flexibility index (Phi) is 4.43. The number of methoxy groups -OCH3 is 1. The molecule has 5 rings (SSSR count). The highest BCUT2D eigenvalue weighted by atomic mass is 32.2. The summed E-state index contributed by atoms with van der Waals surface area (Å²) in [7, 11) is 1.40. The zero-order chi connectivity index (χ0) is 20.8. The molecule has 1 fully saturated rings. The number of ether oxygens (including phenoxy) is 1. The van der Waals surface area contributed by atoms with Crippen LogP contribution >= 0.6 is 11.8 Å². The predicted molar refractivity (Wildman–Crippen MR) is 114 cm³/mol. The monoisotopic (exact) mass is 421 g/mol. The third-order valence-corrected chi connectivity index (χ3v) is 6.57. The van der Waals surface area contributed by atoms with Crippen molar-refractivity contribution in [1.82, 2.24) is 10.3 Å². The Labute approximate surface area is 175 Å². The van der Waals surface area contributed by atoms with E-state index in [-0.39, 0.29) is 11.7 Å². The molecule has 2 aromatic carbocycles. The van der Waals surface area contributed by atoms with E-state index in [0.717, 1.165) is 26.1 Å². The first kappa shape index (κ1) is 18.6. The third kappa shape index (κ3) is 2.91. The van der Waals surface area contributed by atoms with Gasteiger partial charge in [0.15, 0.2) is 11.6 Å². The zero-order valence-corrected chi connectivity index (χ0v) is 16.7. The van der Waals surface area contributed by atoms with Gasteiger partial charge < -0.3 is 10.1 Å². The van der Waals surface area contributed by atoms with E-state index in [1.165, 1.54) is 31.1 Å². The Morgan fingerprint density at radius 2 is 2.00 bits per heavy atom. The van der Waals surface area contributed by atoms with Gasteiger partial charge in [0.2, 0.25) is 0 Å². The van der Waals surface area contributed by atoms with Gasteiger partial charge in [-0.3, -0.25) is 9.78 Å². The van der Waals surface area contributed by atoms with Crippen LogP contribution in [-0.2, 0) is 4.79 Å². The van der Waals surface area contributed by atoms with Gasteiger partial charge in [0, 0.05) is 21.9 Å². The minimum absolute atomic E-state index is 0.127. The Hall–Kier alpha value is -3.39. The number of carbonyl (C=O) groups excluding carboxylic acids is 2. The quantitative estimate of drug-likeness (QED) is 0.693. The first-order valence-electron chi connectivity index (χ1n) is 9.26. The Morgan fingerprint density at radius 1 is 1.17 bits per heavy atom. The highest BCUT2D eigenvalue weighted by Gasteiger charge is 2.45. The molecule has 1 saturated heterocycles. The number of halogens is 1. The molecule has 3 amide bonds. The van der Waals surface area contributed by atoms with Crippen molar-refractivity contribution >= 4 is 45.1 Å². The van der Waals surface area contributed by atoms with Gasteiger partial charge in [0.05, 0.1) is 25.0 Å². The van der Waals surface area contributed by atoms with E-state index in [4.69, 9.17) is 4.74 Å². The lowest BCUT2D eigenvalue weighted by molar-refractivity contribution is -0.118. The lowest BCUT2D eigenvalue weighted by Gasteiger charge is -2.33. The summed E-state index contributed by atoms with van der Waals surface area (Å²) >= 11 is 1.34. The van der Waals surface area contributed by atoms with Crippen molar-refractivity contribution < 1.29 is 18.7 Å². The lowest BCUT2D eigenvalue weighted by Crippen LogP contribution is -2.60. The van der Waals surface area contributed by atoms with Crippen LogP contribution in [0.25, 0.3) is 15.7 Å². The summed E-state index contributed by atoms with van der Waals surface area (Å²) in [5.41, 5.74) is 1.18. The number of hydrogen-bond acceptors (Lipinski definition) is 5. The first-order valence-corrected chi connectivity index (χ1v) is 10.1. The van der Waals surface area contributed by atoms with Crippen LogP contribution in [0.3, 0.4) is 0 Å². The predicted octanol–water partition coefficient (Wildman–Crippen LogP) is 3.96. The fraction of sp³-hybridized carbons (Fsp3) is 0.136. The molecule has 0 aliphatic carbocycles. The Morgan fingerprint density at radius 3 is 2.83 bits per heavy atom. The number of aromatic nitrogens is 1. The molecule has 2 unspecified atom stereocenters. The molecule has 1 N–H and O–H groups in total. The number of urea groups is 1. The van der Waals surface area contributed by atoms with Crippen LogP contribution in [0, 0.1) is 5.82 Å². The molecule has 1 aromatic heterocycles. The van der Waals surface area contributed by atoms with Crippen LogP contribution in [0.1, 0.15) is 5.56 Å². The van der Waals surface area contributed by atoms with Crippen LogP contribution in [-0.4, -0.2) is 35.3 Å². The van der Waals surface area contributed by atoms with Gasteiger partial charge in [-0.25, -0.2) is 14.1 Å². The molecular weight excluding hydrogens is 405 g/mol. The van der Waals surface area contributed by atoms with Crippen molar-refractivity contribution in [2.75, 3.05) is 12.0 Å². The van der Waals surface area contributed by atoms with Gasteiger partial charge in [-0.1, -0.05) is 30.3 Å². The summed E-state index contributed by atoms with van der Waals surface area (Å²) in [5.74, 6) is -0.642. The van der Waals surface area contributed by atoms with Gasteiger partial charge in [-0.05, 0) is 23.8 Å². The highest BCUT2D eigenvalue weighted by molar-refractivity contribution is 8.09. The van der Waals surface area contributed by atoms with E-state index in [1.807, 2.05) is 30.3 Å². The molecule has 6 nitrogen and oxygen atoms in total. The van der Waals surface area contributed by atoms with E-state index in [2.05, 4.69) is 10.3 Å². The number of fused-ring (bicyclic) bond motifs is 2. The number of pyridine rings is 1. The molecule has 3 heterocycles. The molecule has 0 radical (unpaired) electrons. The molecule has 2 aliphatic heterocycles. The normalized spacial score (nSPS) is 20.7. The Balaban J connectivity index is 1.49. The minimum atomic E-state index is -0.521. The lowest BCUT2D eigenvalue weighted by atomic mass is 10.1. The van der Waals surface area contributed by atoms with Gasteiger partial charge in [0.1, 0.15) is 5.25 Å². The largest absolute Gasteiger partial charge is 0.494 e. The van der Waals surface area contributed by atoms with Crippen molar-refractivity contribution in [3.05, 3.63) is 72.3 Å². The van der Waals surface area contributed by atoms with E-state index < -0.39 is 23.1 Å². The summed E-state index contributed by atoms with van der Waals surface area (Å²) in [6, 6.07) is 11.1. The van der Waals surface area contributed by atoms with Crippen LogP contribution in [0.2, 0.25) is 0 Å². The van der Waals surface area contributed by atoms with Crippen LogP contribution < -0.4 is 15.0 Å². The summed E-state index contributed by atoms with van der Waals surface area (Å²) < 4.78 is 18.8. The second-order valence-corrected chi connectivity index (χ2v) is 8.13. The molecule has 0 saturated carbocycles. The highest BCUT2D eigenvalue weighted by Crippen LogP contribution is 2.43. The van der Waals surface area contributed by atoms with Crippen molar-refractivity contribution in [3.8, 4) is 5.75 Å². The second kappa shape index (κ2) is 7.14. The van der Waals surface area contributed by atoms with E-state index in [1.54, 1.807) is 18.3 Å². The number of imide groups is 1. The topological polar surface area (TPSA) is 71.5 Å². The molecule has 0 spiro atoms. The third-order valence-electron chi connectivity index (χ3n) is 5.19. The number of carbonyl (C=O) groups is 2. The fourth-order valence-electron chi connectivity index (χ4n) is 3.74.